The van der Waals surface area contributed by atoms with Crippen LogP contribution in [0.15, 0.2) is 12.1 Å². The monoisotopic (exact) mass is 507 g/mol. The SMILES string of the molecule is Cl.Cl.FC(F)(F)CNc1nc2cc3c(cc2s1)C[C@@H]1[C@@H]2CCCC[C@]32CCN1CC1CC1. The molecule has 3 aliphatic carbocycles. The maximum atomic E-state index is 12.6. The van der Waals surface area contributed by atoms with E-state index in [4.69, 9.17) is 0 Å². The van der Waals surface area contributed by atoms with Crippen molar-refractivity contribution in [2.45, 2.75) is 69.0 Å². The minimum absolute atomic E-state index is 0. The van der Waals surface area contributed by atoms with Crippen LogP contribution in [0.5, 0.6) is 0 Å². The highest BCUT2D eigenvalue weighted by molar-refractivity contribution is 7.22. The molecule has 178 valence electrons. The molecule has 3 fully saturated rings. The number of benzene rings is 1. The van der Waals surface area contributed by atoms with Crippen molar-refractivity contribution in [3.63, 3.8) is 0 Å². The number of likely N-dealkylation sites (tertiary alicyclic amines) is 1. The highest BCUT2D eigenvalue weighted by atomic mass is 35.5. The van der Waals surface area contributed by atoms with E-state index in [1.165, 1.54) is 80.5 Å². The number of thiazole rings is 1. The van der Waals surface area contributed by atoms with Crippen molar-refractivity contribution >= 4 is 51.5 Å². The third-order valence-corrected chi connectivity index (χ3v) is 9.06. The summed E-state index contributed by atoms with van der Waals surface area (Å²) < 4.78 is 38.9. The van der Waals surface area contributed by atoms with E-state index in [2.05, 4.69) is 27.3 Å². The Morgan fingerprint density at radius 1 is 1.12 bits per heavy atom. The van der Waals surface area contributed by atoms with Crippen LogP contribution in [0.4, 0.5) is 18.3 Å². The Bertz CT molecular complexity index is 977. The summed E-state index contributed by atoms with van der Waals surface area (Å²) in [6.45, 7) is 1.43. The number of anilines is 1. The standard InChI is InChI=1S/C23H28F3N3S.2ClH/c24-23(25,26)13-27-21-28-18-11-17-15(10-20(18)30-21)9-19-16-3-1-2-6-22(16,17)7-8-29(19)12-14-4-5-14;;/h10-11,14,16,19H,1-9,12-13H2,(H,27,28);2*1H/t16-,19+,22+;;/m0../s1. The Kier molecular flexibility index (Phi) is 6.69. The molecular formula is C23H30Cl2F3N3S. The molecule has 32 heavy (non-hydrogen) atoms. The summed E-state index contributed by atoms with van der Waals surface area (Å²) in [5.41, 5.74) is 4.02. The van der Waals surface area contributed by atoms with Gasteiger partial charge in [-0.25, -0.2) is 4.98 Å². The second-order valence-electron chi connectivity index (χ2n) is 9.93. The van der Waals surface area contributed by atoms with Crippen molar-refractivity contribution in [1.29, 1.82) is 0 Å². The summed E-state index contributed by atoms with van der Waals surface area (Å²) in [6.07, 6.45) is 6.07. The molecule has 0 amide bonds. The zero-order valence-electron chi connectivity index (χ0n) is 17.9. The molecule has 2 bridgehead atoms. The fraction of sp³-hybridized carbons (Fsp3) is 0.696. The minimum atomic E-state index is -4.23. The molecule has 0 unspecified atom stereocenters. The smallest absolute Gasteiger partial charge is 0.352 e. The van der Waals surface area contributed by atoms with E-state index in [0.717, 1.165) is 28.5 Å². The summed E-state index contributed by atoms with van der Waals surface area (Å²) in [5, 5.41) is 2.85. The zero-order valence-corrected chi connectivity index (χ0v) is 20.4. The second-order valence-corrected chi connectivity index (χ2v) is 11.0. The van der Waals surface area contributed by atoms with Gasteiger partial charge < -0.3 is 5.32 Å². The first kappa shape index (κ1) is 24.4. The van der Waals surface area contributed by atoms with Gasteiger partial charge in [-0.3, -0.25) is 4.90 Å². The van der Waals surface area contributed by atoms with Gasteiger partial charge in [-0.2, -0.15) is 13.2 Å². The van der Waals surface area contributed by atoms with Crippen molar-refractivity contribution in [3.05, 3.63) is 23.3 Å². The molecule has 3 nitrogen and oxygen atoms in total. The largest absolute Gasteiger partial charge is 0.405 e. The van der Waals surface area contributed by atoms with Crippen LogP contribution in [-0.4, -0.2) is 41.7 Å². The van der Waals surface area contributed by atoms with E-state index in [1.54, 1.807) is 0 Å². The van der Waals surface area contributed by atoms with Crippen LogP contribution < -0.4 is 5.32 Å². The van der Waals surface area contributed by atoms with Gasteiger partial charge >= 0.3 is 6.18 Å². The summed E-state index contributed by atoms with van der Waals surface area (Å²) >= 11 is 1.35. The first-order valence-electron chi connectivity index (χ1n) is 11.4. The number of nitrogens with one attached hydrogen (secondary N) is 1. The van der Waals surface area contributed by atoms with Crippen LogP contribution in [0, 0.1) is 11.8 Å². The van der Waals surface area contributed by atoms with Gasteiger partial charge in [-0.05, 0) is 80.2 Å². The number of aromatic nitrogens is 1. The number of rotatable bonds is 4. The molecule has 1 N–H and O–H groups in total. The van der Waals surface area contributed by atoms with E-state index < -0.39 is 12.7 Å². The predicted octanol–water partition coefficient (Wildman–Crippen LogP) is 6.58. The predicted molar refractivity (Wildman–Crippen MR) is 129 cm³/mol. The number of hydrogen-bond donors (Lipinski definition) is 1. The van der Waals surface area contributed by atoms with Gasteiger partial charge in [0.05, 0.1) is 10.2 Å². The van der Waals surface area contributed by atoms with Crippen LogP contribution in [0.1, 0.15) is 56.1 Å². The third-order valence-electron chi connectivity index (χ3n) is 8.08. The molecule has 1 saturated heterocycles. The maximum Gasteiger partial charge on any atom is 0.405 e. The zero-order chi connectivity index (χ0) is 20.5. The highest BCUT2D eigenvalue weighted by Gasteiger charge is 2.54. The van der Waals surface area contributed by atoms with Crippen molar-refractivity contribution in [2.75, 3.05) is 25.0 Å². The molecule has 4 aliphatic rings. The molecule has 3 atom stereocenters. The van der Waals surface area contributed by atoms with Crippen molar-refractivity contribution in [3.8, 4) is 0 Å². The van der Waals surface area contributed by atoms with Crippen LogP contribution in [0.3, 0.4) is 0 Å². The van der Waals surface area contributed by atoms with E-state index in [0.29, 0.717) is 11.2 Å². The number of piperidine rings is 1. The van der Waals surface area contributed by atoms with Crippen LogP contribution in [0.25, 0.3) is 10.2 Å². The first-order chi connectivity index (χ1) is 14.4. The minimum Gasteiger partial charge on any atom is -0.352 e. The average molecular weight is 508 g/mol. The second kappa shape index (κ2) is 8.79. The van der Waals surface area contributed by atoms with Crippen LogP contribution >= 0.6 is 36.2 Å². The Hall–Kier alpha value is -0.760. The molecule has 2 aromatic rings. The van der Waals surface area contributed by atoms with Crippen molar-refractivity contribution in [2.24, 2.45) is 11.8 Å². The lowest BCUT2D eigenvalue weighted by molar-refractivity contribution is -0.115. The van der Waals surface area contributed by atoms with Crippen LogP contribution in [-0.2, 0) is 11.8 Å². The van der Waals surface area contributed by atoms with Crippen LogP contribution in [0.2, 0.25) is 0 Å². The molecule has 6 rings (SSSR count). The molecule has 1 aromatic heterocycles. The van der Waals surface area contributed by atoms with Gasteiger partial charge in [-0.1, -0.05) is 24.2 Å². The van der Waals surface area contributed by atoms with E-state index in [-0.39, 0.29) is 30.2 Å². The highest BCUT2D eigenvalue weighted by Crippen LogP contribution is 2.56. The van der Waals surface area contributed by atoms with Gasteiger partial charge in [0.1, 0.15) is 6.54 Å². The Balaban J connectivity index is 0.00000122. The maximum absolute atomic E-state index is 12.6. The Morgan fingerprint density at radius 3 is 2.69 bits per heavy atom. The van der Waals surface area contributed by atoms with Gasteiger partial charge in [-0.15, -0.1) is 24.8 Å². The Morgan fingerprint density at radius 2 is 1.94 bits per heavy atom. The summed E-state index contributed by atoms with van der Waals surface area (Å²) in [7, 11) is 0. The van der Waals surface area contributed by atoms with Gasteiger partial charge in [0.2, 0.25) is 0 Å². The van der Waals surface area contributed by atoms with Gasteiger partial charge in [0.15, 0.2) is 5.13 Å². The number of halogens is 5. The van der Waals surface area contributed by atoms with Gasteiger partial charge in [0.25, 0.3) is 0 Å². The number of alkyl halides is 3. The first-order valence-corrected chi connectivity index (χ1v) is 12.2. The quantitative estimate of drug-likeness (QED) is 0.506. The third kappa shape index (κ3) is 4.23. The molecular weight excluding hydrogens is 478 g/mol. The summed E-state index contributed by atoms with van der Waals surface area (Å²) in [5.74, 6) is 1.64. The van der Waals surface area contributed by atoms with Crippen molar-refractivity contribution in [1.82, 2.24) is 9.88 Å². The van der Waals surface area contributed by atoms with E-state index in [9.17, 15) is 13.2 Å². The average Bonchev–Trinajstić information content (AvgIpc) is 3.43. The van der Waals surface area contributed by atoms with Crippen molar-refractivity contribution < 1.29 is 13.2 Å². The molecule has 2 saturated carbocycles. The van der Waals surface area contributed by atoms with E-state index >= 15 is 0 Å². The molecule has 9 heteroatoms. The lowest BCUT2D eigenvalue weighted by atomic mass is 9.52. The van der Waals surface area contributed by atoms with Gasteiger partial charge in [0, 0.05) is 18.0 Å². The fourth-order valence-corrected chi connectivity index (χ4v) is 7.53. The molecule has 2 heterocycles. The number of nitrogens with zero attached hydrogens (tertiary/aromatic N) is 2. The number of fused-ring (bicyclic) bond motifs is 2. The lowest BCUT2D eigenvalue weighted by Gasteiger charge is -2.59. The molecule has 1 aromatic carbocycles. The van der Waals surface area contributed by atoms with E-state index in [1.807, 2.05) is 0 Å². The molecule has 0 spiro atoms. The summed E-state index contributed by atoms with van der Waals surface area (Å²) in [4.78, 5) is 7.32. The number of hydrogen-bond acceptors (Lipinski definition) is 4. The normalized spacial score (nSPS) is 29.5. The fourth-order valence-electron chi connectivity index (χ4n) is 6.63. The lowest BCUT2D eigenvalue weighted by Crippen LogP contribution is -2.61. The molecule has 0 radical (unpaired) electrons. The summed E-state index contributed by atoms with van der Waals surface area (Å²) in [6, 6.07) is 5.13. The topological polar surface area (TPSA) is 28.2 Å². The Labute approximate surface area is 203 Å². The molecule has 1 aliphatic heterocycles.